The van der Waals surface area contributed by atoms with Crippen molar-refractivity contribution in [2.75, 3.05) is 46.8 Å². The number of halogens is 3. The summed E-state index contributed by atoms with van der Waals surface area (Å²) in [6.45, 7) is 7.34. The van der Waals surface area contributed by atoms with Gasteiger partial charge in [0.15, 0.2) is 17.6 Å². The number of guanidine groups is 1. The molecule has 2 rings (SSSR count). The lowest BCUT2D eigenvalue weighted by Gasteiger charge is -2.33. The van der Waals surface area contributed by atoms with Crippen molar-refractivity contribution in [3.63, 3.8) is 0 Å². The molecule has 1 aromatic rings. The number of benzene rings is 1. The molecule has 0 radical (unpaired) electrons. The Morgan fingerprint density at radius 2 is 1.93 bits per heavy atom. The van der Waals surface area contributed by atoms with Crippen LogP contribution in [0.3, 0.4) is 0 Å². The maximum atomic E-state index is 13.5. The van der Waals surface area contributed by atoms with Crippen LogP contribution in [0, 0.1) is 11.6 Å². The second-order valence-electron chi connectivity index (χ2n) is 7.78. The molecular formula is C21H34F2IN5O. The molecule has 30 heavy (non-hydrogen) atoms. The summed E-state index contributed by atoms with van der Waals surface area (Å²) >= 11 is 0. The molecule has 1 heterocycles. The molecule has 1 amide bonds. The van der Waals surface area contributed by atoms with Gasteiger partial charge in [0, 0.05) is 52.2 Å². The van der Waals surface area contributed by atoms with Crippen LogP contribution in [0.2, 0.25) is 0 Å². The van der Waals surface area contributed by atoms with E-state index in [-0.39, 0.29) is 41.8 Å². The summed E-state index contributed by atoms with van der Waals surface area (Å²) in [6.07, 6.45) is 1.87. The predicted molar refractivity (Wildman–Crippen MR) is 127 cm³/mol. The maximum Gasteiger partial charge on any atom is 0.236 e. The quantitative estimate of drug-likeness (QED) is 0.319. The van der Waals surface area contributed by atoms with Gasteiger partial charge in [-0.1, -0.05) is 13.0 Å². The number of hydrogen-bond donors (Lipinski definition) is 2. The predicted octanol–water partition coefficient (Wildman–Crippen LogP) is 2.79. The van der Waals surface area contributed by atoms with E-state index in [9.17, 15) is 13.6 Å². The van der Waals surface area contributed by atoms with Gasteiger partial charge in [-0.15, -0.1) is 24.0 Å². The topological polar surface area (TPSA) is 60.0 Å². The Hall–Kier alpha value is -1.49. The van der Waals surface area contributed by atoms with Gasteiger partial charge < -0.3 is 15.5 Å². The van der Waals surface area contributed by atoms with E-state index in [4.69, 9.17) is 0 Å². The van der Waals surface area contributed by atoms with Gasteiger partial charge in [-0.3, -0.25) is 14.7 Å². The first-order chi connectivity index (χ1) is 13.8. The number of carbonyl (C=O) groups is 1. The van der Waals surface area contributed by atoms with E-state index in [1.165, 1.54) is 6.07 Å². The summed E-state index contributed by atoms with van der Waals surface area (Å²) in [7, 11) is 3.55. The Morgan fingerprint density at radius 3 is 2.50 bits per heavy atom. The van der Waals surface area contributed by atoms with Crippen molar-refractivity contribution >= 4 is 35.8 Å². The summed E-state index contributed by atoms with van der Waals surface area (Å²) in [5.41, 5.74) is 0.724. The average molecular weight is 537 g/mol. The van der Waals surface area contributed by atoms with Crippen LogP contribution in [0.15, 0.2) is 23.2 Å². The van der Waals surface area contributed by atoms with Crippen LogP contribution >= 0.6 is 24.0 Å². The van der Waals surface area contributed by atoms with Gasteiger partial charge in [0.25, 0.3) is 0 Å². The maximum absolute atomic E-state index is 13.5. The second kappa shape index (κ2) is 13.0. The van der Waals surface area contributed by atoms with E-state index < -0.39 is 11.6 Å². The first-order valence-electron chi connectivity index (χ1n) is 10.2. The molecular weight excluding hydrogens is 503 g/mol. The summed E-state index contributed by atoms with van der Waals surface area (Å²) in [6, 6.07) is 4.28. The summed E-state index contributed by atoms with van der Waals surface area (Å²) in [5, 5.41) is 6.71. The number of nitrogens with one attached hydrogen (secondary N) is 2. The van der Waals surface area contributed by atoms with Gasteiger partial charge in [-0.2, -0.15) is 0 Å². The molecule has 2 N–H and O–H groups in total. The van der Waals surface area contributed by atoms with Crippen molar-refractivity contribution in [3.05, 3.63) is 35.4 Å². The molecule has 1 atom stereocenters. The number of piperidine rings is 1. The zero-order chi connectivity index (χ0) is 21.4. The Balaban J connectivity index is 0.00000450. The van der Waals surface area contributed by atoms with E-state index in [0.29, 0.717) is 13.1 Å². The highest BCUT2D eigenvalue weighted by Gasteiger charge is 2.22. The molecule has 9 heteroatoms. The molecule has 1 aromatic carbocycles. The SMILES string of the molecule is CCNC(=NCC(C)c1ccc(F)c(F)c1)NC1CCN(CC(=O)N(C)C)CC1.I. The lowest BCUT2D eigenvalue weighted by molar-refractivity contribution is -0.130. The van der Waals surface area contributed by atoms with Crippen LogP contribution in [0.5, 0.6) is 0 Å². The van der Waals surface area contributed by atoms with Crippen molar-refractivity contribution in [3.8, 4) is 0 Å². The van der Waals surface area contributed by atoms with Crippen LogP contribution in [0.25, 0.3) is 0 Å². The highest BCUT2D eigenvalue weighted by Crippen LogP contribution is 2.18. The van der Waals surface area contributed by atoms with E-state index in [1.807, 2.05) is 13.8 Å². The molecule has 1 unspecified atom stereocenters. The summed E-state index contributed by atoms with van der Waals surface area (Å²) < 4.78 is 26.6. The van der Waals surface area contributed by atoms with Crippen molar-refractivity contribution in [2.45, 2.75) is 38.6 Å². The van der Waals surface area contributed by atoms with Crippen molar-refractivity contribution in [1.82, 2.24) is 20.4 Å². The lowest BCUT2D eigenvalue weighted by Crippen LogP contribution is -2.50. The van der Waals surface area contributed by atoms with Crippen LogP contribution in [-0.2, 0) is 4.79 Å². The largest absolute Gasteiger partial charge is 0.357 e. The third-order valence-electron chi connectivity index (χ3n) is 5.17. The molecule has 1 aliphatic heterocycles. The fourth-order valence-corrected chi connectivity index (χ4v) is 3.23. The van der Waals surface area contributed by atoms with Crippen LogP contribution in [0.4, 0.5) is 8.78 Å². The second-order valence-corrected chi connectivity index (χ2v) is 7.78. The molecule has 6 nitrogen and oxygen atoms in total. The molecule has 0 saturated carbocycles. The Morgan fingerprint density at radius 1 is 1.27 bits per heavy atom. The summed E-state index contributed by atoms with van der Waals surface area (Å²) in [5.74, 6) is -0.845. The number of likely N-dealkylation sites (tertiary alicyclic amines) is 1. The van der Waals surface area contributed by atoms with Gasteiger partial charge in [-0.05, 0) is 37.5 Å². The normalized spacial score (nSPS) is 16.5. The zero-order valence-electron chi connectivity index (χ0n) is 18.3. The first-order valence-corrected chi connectivity index (χ1v) is 10.2. The smallest absolute Gasteiger partial charge is 0.236 e. The number of carbonyl (C=O) groups excluding carboxylic acids is 1. The number of amides is 1. The number of nitrogens with zero attached hydrogens (tertiary/aromatic N) is 3. The monoisotopic (exact) mass is 537 g/mol. The first kappa shape index (κ1) is 26.5. The van der Waals surface area contributed by atoms with Crippen LogP contribution in [-0.4, -0.2) is 74.5 Å². The number of hydrogen-bond acceptors (Lipinski definition) is 3. The van der Waals surface area contributed by atoms with Crippen LogP contribution in [0.1, 0.15) is 38.2 Å². The molecule has 1 aliphatic rings. The van der Waals surface area contributed by atoms with E-state index >= 15 is 0 Å². The van der Waals surface area contributed by atoms with Gasteiger partial charge in [0.1, 0.15) is 0 Å². The lowest BCUT2D eigenvalue weighted by atomic mass is 10.0. The highest BCUT2D eigenvalue weighted by atomic mass is 127. The third-order valence-corrected chi connectivity index (χ3v) is 5.17. The minimum absolute atomic E-state index is 0. The zero-order valence-corrected chi connectivity index (χ0v) is 20.6. The molecule has 0 spiro atoms. The number of likely N-dealkylation sites (N-methyl/N-ethyl adjacent to an activating group) is 1. The Kier molecular flexibility index (Phi) is 11.5. The molecule has 1 saturated heterocycles. The fraction of sp³-hybridized carbons (Fsp3) is 0.619. The van der Waals surface area contributed by atoms with Gasteiger partial charge >= 0.3 is 0 Å². The van der Waals surface area contributed by atoms with Gasteiger partial charge in [0.2, 0.25) is 5.91 Å². The van der Waals surface area contributed by atoms with E-state index in [1.54, 1.807) is 25.1 Å². The average Bonchev–Trinajstić information content (AvgIpc) is 2.69. The van der Waals surface area contributed by atoms with Gasteiger partial charge in [0.05, 0.1) is 6.54 Å². The van der Waals surface area contributed by atoms with Crippen molar-refractivity contribution in [2.24, 2.45) is 4.99 Å². The molecule has 0 aliphatic carbocycles. The van der Waals surface area contributed by atoms with E-state index in [0.717, 1.165) is 50.1 Å². The molecule has 1 fully saturated rings. The minimum atomic E-state index is -0.835. The Bertz CT molecular complexity index is 709. The number of rotatable bonds is 7. The van der Waals surface area contributed by atoms with Gasteiger partial charge in [-0.25, -0.2) is 8.78 Å². The van der Waals surface area contributed by atoms with Crippen molar-refractivity contribution in [1.29, 1.82) is 0 Å². The van der Waals surface area contributed by atoms with Crippen LogP contribution < -0.4 is 10.6 Å². The third kappa shape index (κ3) is 8.33. The molecule has 0 bridgehead atoms. The number of aliphatic imine (C=N–C) groups is 1. The Labute approximate surface area is 195 Å². The van der Waals surface area contributed by atoms with E-state index in [2.05, 4.69) is 20.5 Å². The summed E-state index contributed by atoms with van der Waals surface area (Å²) in [4.78, 5) is 20.3. The fourth-order valence-electron chi connectivity index (χ4n) is 3.23. The standard InChI is InChI=1S/C21H33F2N5O.HI/c1-5-24-21(25-13-15(2)16-6-7-18(22)19(23)12-16)26-17-8-10-28(11-9-17)14-20(29)27(3)4;/h6-7,12,15,17H,5,8-11,13-14H2,1-4H3,(H2,24,25,26);1H. The minimum Gasteiger partial charge on any atom is -0.357 e. The molecule has 0 aromatic heterocycles. The van der Waals surface area contributed by atoms with Crippen molar-refractivity contribution < 1.29 is 13.6 Å². The molecule has 170 valence electrons. The highest BCUT2D eigenvalue weighted by molar-refractivity contribution is 14.0.